The monoisotopic (exact) mass is 278 g/mol. The van der Waals surface area contributed by atoms with Gasteiger partial charge in [0, 0.05) is 20.1 Å². The normalized spacial score (nSPS) is 19.6. The van der Waals surface area contributed by atoms with E-state index in [1.54, 1.807) is 19.2 Å². The van der Waals surface area contributed by atoms with Gasteiger partial charge >= 0.3 is 5.69 Å². The number of anilines is 2. The number of para-hydroxylation sites is 1. The van der Waals surface area contributed by atoms with Crippen LogP contribution in [0.2, 0.25) is 0 Å². The zero-order valence-corrected chi connectivity index (χ0v) is 12.1. The number of nitrogens with zero attached hydrogens (tertiary/aromatic N) is 2. The van der Waals surface area contributed by atoms with E-state index in [4.69, 9.17) is 0 Å². The smallest absolute Gasteiger partial charge is 0.315 e. The molecule has 2 rings (SSSR count). The molecule has 1 saturated heterocycles. The molecule has 0 radical (unpaired) electrons. The summed E-state index contributed by atoms with van der Waals surface area (Å²) in [6.45, 7) is 2.97. The van der Waals surface area contributed by atoms with Crippen LogP contribution >= 0.6 is 0 Å². The van der Waals surface area contributed by atoms with Crippen LogP contribution in [0.5, 0.6) is 0 Å². The summed E-state index contributed by atoms with van der Waals surface area (Å²) in [5.74, 6) is 0.548. The van der Waals surface area contributed by atoms with Crippen molar-refractivity contribution in [2.24, 2.45) is 5.92 Å². The maximum absolute atomic E-state index is 11.2. The third kappa shape index (κ3) is 3.39. The number of piperidine rings is 1. The Hall–Kier alpha value is -1.82. The second kappa shape index (κ2) is 6.56. The number of rotatable bonds is 5. The van der Waals surface area contributed by atoms with Crippen molar-refractivity contribution < 1.29 is 4.92 Å². The van der Waals surface area contributed by atoms with Crippen LogP contribution in [0.4, 0.5) is 17.1 Å². The van der Waals surface area contributed by atoms with Crippen molar-refractivity contribution in [2.45, 2.75) is 12.8 Å². The Labute approximate surface area is 119 Å². The predicted molar refractivity (Wildman–Crippen MR) is 81.4 cm³/mol. The molecule has 110 valence electrons. The van der Waals surface area contributed by atoms with Crippen molar-refractivity contribution in [3.05, 3.63) is 28.3 Å². The molecular weight excluding hydrogens is 256 g/mol. The summed E-state index contributed by atoms with van der Waals surface area (Å²) >= 11 is 0. The Morgan fingerprint density at radius 1 is 1.45 bits per heavy atom. The number of likely N-dealkylation sites (tertiary alicyclic amines) is 1. The van der Waals surface area contributed by atoms with E-state index in [1.807, 2.05) is 6.07 Å². The lowest BCUT2D eigenvalue weighted by Gasteiger charge is -2.29. The molecule has 1 atom stereocenters. The number of nitro benzene ring substituents is 1. The van der Waals surface area contributed by atoms with E-state index >= 15 is 0 Å². The van der Waals surface area contributed by atoms with Crippen molar-refractivity contribution in [1.29, 1.82) is 0 Å². The molecule has 0 amide bonds. The Bertz CT molecular complexity index is 478. The van der Waals surface area contributed by atoms with E-state index in [2.05, 4.69) is 22.6 Å². The van der Waals surface area contributed by atoms with Gasteiger partial charge in [-0.3, -0.25) is 10.1 Å². The van der Waals surface area contributed by atoms with E-state index < -0.39 is 0 Å². The molecular formula is C14H22N4O2. The average molecular weight is 278 g/mol. The van der Waals surface area contributed by atoms with Gasteiger partial charge in [-0.2, -0.15) is 0 Å². The Morgan fingerprint density at radius 3 is 2.85 bits per heavy atom. The lowest BCUT2D eigenvalue weighted by atomic mass is 9.98. The zero-order valence-electron chi connectivity index (χ0n) is 12.1. The lowest BCUT2D eigenvalue weighted by Crippen LogP contribution is -2.35. The molecule has 0 saturated carbocycles. The van der Waals surface area contributed by atoms with Gasteiger partial charge in [-0.15, -0.1) is 0 Å². The fourth-order valence-corrected chi connectivity index (χ4v) is 2.78. The molecule has 1 aromatic carbocycles. The van der Waals surface area contributed by atoms with Gasteiger partial charge in [0.2, 0.25) is 0 Å². The summed E-state index contributed by atoms with van der Waals surface area (Å²) in [6.07, 6.45) is 2.37. The van der Waals surface area contributed by atoms with Gasteiger partial charge < -0.3 is 15.5 Å². The van der Waals surface area contributed by atoms with Crippen LogP contribution in [-0.4, -0.2) is 43.6 Å². The molecule has 20 heavy (non-hydrogen) atoms. The number of nitrogens with one attached hydrogen (secondary N) is 2. The molecule has 0 spiro atoms. The van der Waals surface area contributed by atoms with E-state index in [-0.39, 0.29) is 10.6 Å². The fraction of sp³-hybridized carbons (Fsp3) is 0.571. The quantitative estimate of drug-likeness (QED) is 0.639. The minimum absolute atomic E-state index is 0.124. The van der Waals surface area contributed by atoms with Crippen LogP contribution in [0, 0.1) is 16.0 Å². The molecule has 0 aromatic heterocycles. The average Bonchev–Trinajstić information content (AvgIpc) is 2.44. The van der Waals surface area contributed by atoms with Crippen molar-refractivity contribution >= 4 is 17.1 Å². The van der Waals surface area contributed by atoms with Crippen LogP contribution in [0.3, 0.4) is 0 Å². The summed E-state index contributed by atoms with van der Waals surface area (Å²) in [7, 11) is 3.82. The molecule has 6 nitrogen and oxygen atoms in total. The van der Waals surface area contributed by atoms with Crippen LogP contribution in [0.25, 0.3) is 0 Å². The first-order valence-corrected chi connectivity index (χ1v) is 6.99. The van der Waals surface area contributed by atoms with Crippen LogP contribution in [-0.2, 0) is 0 Å². The van der Waals surface area contributed by atoms with Gasteiger partial charge in [-0.05, 0) is 44.5 Å². The molecule has 1 aromatic rings. The number of benzene rings is 1. The van der Waals surface area contributed by atoms with E-state index in [0.29, 0.717) is 17.3 Å². The number of nitro groups is 1. The third-order valence-electron chi connectivity index (χ3n) is 3.79. The van der Waals surface area contributed by atoms with E-state index in [1.165, 1.54) is 12.8 Å². The van der Waals surface area contributed by atoms with Gasteiger partial charge in [0.15, 0.2) is 0 Å². The van der Waals surface area contributed by atoms with Gasteiger partial charge in [-0.1, -0.05) is 6.07 Å². The maximum Gasteiger partial charge on any atom is 0.315 e. The van der Waals surface area contributed by atoms with Crippen molar-refractivity contribution in [3.63, 3.8) is 0 Å². The number of hydrogen-bond donors (Lipinski definition) is 2. The van der Waals surface area contributed by atoms with Gasteiger partial charge in [0.05, 0.1) is 4.92 Å². The minimum Gasteiger partial charge on any atom is -0.382 e. The van der Waals surface area contributed by atoms with Gasteiger partial charge in [0.25, 0.3) is 0 Å². The standard InChI is InChI=1S/C14H22N4O2/c1-15-12-6-3-7-13(14(12)18(19)20)16-9-11-5-4-8-17(2)10-11/h3,6-7,11,15-16H,4-5,8-10H2,1-2H3. The van der Waals surface area contributed by atoms with Crippen molar-refractivity contribution in [2.75, 3.05) is 44.4 Å². The van der Waals surface area contributed by atoms with Crippen LogP contribution < -0.4 is 10.6 Å². The molecule has 1 fully saturated rings. The van der Waals surface area contributed by atoms with Crippen LogP contribution in [0.1, 0.15) is 12.8 Å². The summed E-state index contributed by atoms with van der Waals surface area (Å²) in [5, 5.41) is 17.3. The fourth-order valence-electron chi connectivity index (χ4n) is 2.78. The van der Waals surface area contributed by atoms with E-state index in [0.717, 1.165) is 19.6 Å². The third-order valence-corrected chi connectivity index (χ3v) is 3.79. The summed E-state index contributed by atoms with van der Waals surface area (Å²) < 4.78 is 0. The first kappa shape index (κ1) is 14.6. The topological polar surface area (TPSA) is 70.4 Å². The highest BCUT2D eigenvalue weighted by molar-refractivity contribution is 5.75. The molecule has 2 N–H and O–H groups in total. The maximum atomic E-state index is 11.2. The minimum atomic E-state index is -0.332. The molecule has 1 aliphatic heterocycles. The molecule has 1 aliphatic rings. The van der Waals surface area contributed by atoms with Crippen LogP contribution in [0.15, 0.2) is 18.2 Å². The second-order valence-corrected chi connectivity index (χ2v) is 5.36. The Balaban J connectivity index is 2.07. The summed E-state index contributed by atoms with van der Waals surface area (Å²) in [4.78, 5) is 13.2. The van der Waals surface area contributed by atoms with Crippen molar-refractivity contribution in [3.8, 4) is 0 Å². The molecule has 0 bridgehead atoms. The highest BCUT2D eigenvalue weighted by Gasteiger charge is 2.21. The predicted octanol–water partition coefficient (Wildman–Crippen LogP) is 2.39. The highest BCUT2D eigenvalue weighted by Crippen LogP contribution is 2.32. The summed E-state index contributed by atoms with van der Waals surface area (Å²) in [6, 6.07) is 5.32. The second-order valence-electron chi connectivity index (χ2n) is 5.36. The Kier molecular flexibility index (Phi) is 4.79. The molecule has 1 unspecified atom stereocenters. The molecule has 0 aliphatic carbocycles. The first-order valence-electron chi connectivity index (χ1n) is 6.99. The van der Waals surface area contributed by atoms with Gasteiger partial charge in [0.1, 0.15) is 11.4 Å². The lowest BCUT2D eigenvalue weighted by molar-refractivity contribution is -0.383. The van der Waals surface area contributed by atoms with Gasteiger partial charge in [-0.25, -0.2) is 0 Å². The first-order chi connectivity index (χ1) is 9.61. The molecule has 1 heterocycles. The molecule has 6 heteroatoms. The number of hydrogen-bond acceptors (Lipinski definition) is 5. The van der Waals surface area contributed by atoms with E-state index in [9.17, 15) is 10.1 Å². The summed E-state index contributed by atoms with van der Waals surface area (Å²) in [5.41, 5.74) is 1.26. The largest absolute Gasteiger partial charge is 0.382 e. The SMILES string of the molecule is CNc1cccc(NCC2CCCN(C)C2)c1[N+](=O)[O-]. The zero-order chi connectivity index (χ0) is 14.5. The highest BCUT2D eigenvalue weighted by atomic mass is 16.6. The Morgan fingerprint density at radius 2 is 2.20 bits per heavy atom. The van der Waals surface area contributed by atoms with Crippen molar-refractivity contribution in [1.82, 2.24) is 4.90 Å².